The Morgan fingerprint density at radius 2 is 1.75 bits per heavy atom. The zero-order valence-corrected chi connectivity index (χ0v) is 16.5. The molecule has 4 aromatic rings. The molecule has 2 aromatic carbocycles. The van der Waals surface area contributed by atoms with E-state index in [9.17, 15) is 0 Å². The maximum absolute atomic E-state index is 4.94. The summed E-state index contributed by atoms with van der Waals surface area (Å²) in [7, 11) is 0. The number of thioether (sulfide) groups is 1. The lowest BCUT2D eigenvalue weighted by Crippen LogP contribution is -2.06. The van der Waals surface area contributed by atoms with Gasteiger partial charge in [0.2, 0.25) is 0 Å². The van der Waals surface area contributed by atoms with Crippen LogP contribution in [0.25, 0.3) is 22.3 Å². The molecule has 0 fully saturated rings. The van der Waals surface area contributed by atoms with E-state index in [-0.39, 0.29) is 0 Å². The van der Waals surface area contributed by atoms with Gasteiger partial charge < -0.3 is 5.32 Å². The molecule has 0 bridgehead atoms. The molecule has 28 heavy (non-hydrogen) atoms. The minimum atomic E-state index is 0.623. The van der Waals surface area contributed by atoms with Gasteiger partial charge in [0.15, 0.2) is 10.8 Å². The number of rotatable bonds is 7. The van der Waals surface area contributed by atoms with Crippen molar-refractivity contribution >= 4 is 28.6 Å². The molecule has 0 aliphatic carbocycles. The van der Waals surface area contributed by atoms with Gasteiger partial charge >= 0.3 is 0 Å². The Kier molecular flexibility index (Phi) is 5.39. The van der Waals surface area contributed by atoms with Gasteiger partial charge in [0, 0.05) is 12.1 Å². The molecule has 0 atom stereocenters. The number of anilines is 1. The first-order valence-corrected chi connectivity index (χ1v) is 10.3. The quantitative estimate of drug-likeness (QED) is 0.279. The van der Waals surface area contributed by atoms with Crippen molar-refractivity contribution in [2.24, 2.45) is 0 Å². The van der Waals surface area contributed by atoms with E-state index in [4.69, 9.17) is 15.1 Å². The van der Waals surface area contributed by atoms with Crippen molar-refractivity contribution in [2.75, 3.05) is 18.1 Å². The maximum Gasteiger partial charge on any atom is 0.191 e. The average molecular weight is 388 g/mol. The van der Waals surface area contributed by atoms with E-state index in [2.05, 4.69) is 36.2 Å². The SMILES string of the molecule is C=CCNc1nc(SC)nc2c1c(-c1ccccc1)nn2Cc1ccccc1. The summed E-state index contributed by atoms with van der Waals surface area (Å²) in [5, 5.41) is 9.95. The summed E-state index contributed by atoms with van der Waals surface area (Å²) in [4.78, 5) is 9.49. The number of benzene rings is 2. The third kappa shape index (κ3) is 3.64. The van der Waals surface area contributed by atoms with Crippen LogP contribution in [0.4, 0.5) is 5.82 Å². The summed E-state index contributed by atoms with van der Waals surface area (Å²) in [6.45, 7) is 5.08. The van der Waals surface area contributed by atoms with E-state index in [0.29, 0.717) is 18.2 Å². The zero-order valence-electron chi connectivity index (χ0n) is 15.7. The zero-order chi connectivity index (χ0) is 19.3. The Bertz CT molecular complexity index is 1090. The largest absolute Gasteiger partial charge is 0.366 e. The fourth-order valence-electron chi connectivity index (χ4n) is 3.10. The normalized spacial score (nSPS) is 10.9. The van der Waals surface area contributed by atoms with Gasteiger partial charge in [0.1, 0.15) is 11.5 Å². The van der Waals surface area contributed by atoms with Crippen LogP contribution in [0.15, 0.2) is 78.5 Å². The number of nitrogens with one attached hydrogen (secondary N) is 1. The number of fused-ring (bicyclic) bond motifs is 1. The molecule has 0 unspecified atom stereocenters. The predicted octanol–water partition coefficient (Wildman–Crippen LogP) is 4.86. The number of hydrogen-bond donors (Lipinski definition) is 1. The third-order valence-electron chi connectivity index (χ3n) is 4.39. The van der Waals surface area contributed by atoms with E-state index < -0.39 is 0 Å². The number of hydrogen-bond acceptors (Lipinski definition) is 5. The summed E-state index contributed by atoms with van der Waals surface area (Å²) >= 11 is 1.52. The van der Waals surface area contributed by atoms with Gasteiger partial charge in [-0.3, -0.25) is 0 Å². The van der Waals surface area contributed by atoms with Crippen LogP contribution in [0.1, 0.15) is 5.56 Å². The first-order valence-electron chi connectivity index (χ1n) is 9.07. The lowest BCUT2D eigenvalue weighted by atomic mass is 10.1. The molecule has 0 saturated heterocycles. The molecule has 1 N–H and O–H groups in total. The Morgan fingerprint density at radius 1 is 1.04 bits per heavy atom. The highest BCUT2D eigenvalue weighted by Gasteiger charge is 2.19. The summed E-state index contributed by atoms with van der Waals surface area (Å²) in [5.74, 6) is 0.785. The highest BCUT2D eigenvalue weighted by Crippen LogP contribution is 2.33. The van der Waals surface area contributed by atoms with E-state index >= 15 is 0 Å². The summed E-state index contributed by atoms with van der Waals surface area (Å²) in [6.07, 6.45) is 3.80. The van der Waals surface area contributed by atoms with E-state index in [1.54, 1.807) is 0 Å². The van der Waals surface area contributed by atoms with Crippen LogP contribution in [-0.4, -0.2) is 32.5 Å². The van der Waals surface area contributed by atoms with Crippen molar-refractivity contribution in [1.82, 2.24) is 19.7 Å². The first kappa shape index (κ1) is 18.3. The molecule has 5 nitrogen and oxygen atoms in total. The van der Waals surface area contributed by atoms with Crippen LogP contribution < -0.4 is 5.32 Å². The third-order valence-corrected chi connectivity index (χ3v) is 4.94. The Balaban J connectivity index is 1.94. The maximum atomic E-state index is 4.94. The van der Waals surface area contributed by atoms with Gasteiger partial charge in [0.05, 0.1) is 11.9 Å². The topological polar surface area (TPSA) is 55.6 Å². The molecule has 0 saturated carbocycles. The molecule has 0 aliphatic heterocycles. The summed E-state index contributed by atoms with van der Waals surface area (Å²) < 4.78 is 1.97. The molecule has 4 rings (SSSR count). The smallest absolute Gasteiger partial charge is 0.191 e. The highest BCUT2D eigenvalue weighted by molar-refractivity contribution is 7.98. The summed E-state index contributed by atoms with van der Waals surface area (Å²) in [5.41, 5.74) is 3.93. The molecule has 140 valence electrons. The first-order chi connectivity index (χ1) is 13.8. The molecular formula is C22H21N5S. The second kappa shape index (κ2) is 8.27. The lowest BCUT2D eigenvalue weighted by molar-refractivity contribution is 0.702. The fourth-order valence-corrected chi connectivity index (χ4v) is 3.46. The molecule has 0 radical (unpaired) electrons. The van der Waals surface area contributed by atoms with Crippen molar-refractivity contribution < 1.29 is 0 Å². The Hall–Kier alpha value is -3.12. The molecule has 0 amide bonds. The Labute approximate surface area is 168 Å². The second-order valence-corrected chi connectivity index (χ2v) is 7.06. The van der Waals surface area contributed by atoms with E-state index in [0.717, 1.165) is 28.1 Å². The Morgan fingerprint density at radius 3 is 2.43 bits per heavy atom. The molecule has 2 aromatic heterocycles. The predicted molar refractivity (Wildman–Crippen MR) is 117 cm³/mol. The van der Waals surface area contributed by atoms with Gasteiger partial charge in [-0.1, -0.05) is 78.5 Å². The molecule has 0 aliphatic rings. The number of nitrogens with zero attached hydrogens (tertiary/aromatic N) is 4. The van der Waals surface area contributed by atoms with Gasteiger partial charge in [0.25, 0.3) is 0 Å². The van der Waals surface area contributed by atoms with Crippen LogP contribution in [0, 0.1) is 0 Å². The molecular weight excluding hydrogens is 366 g/mol. The van der Waals surface area contributed by atoms with Gasteiger partial charge in [-0.05, 0) is 11.8 Å². The summed E-state index contributed by atoms with van der Waals surface area (Å²) in [6, 6.07) is 20.5. The molecule has 2 heterocycles. The fraction of sp³-hybridized carbons (Fsp3) is 0.136. The minimum Gasteiger partial charge on any atom is -0.366 e. The minimum absolute atomic E-state index is 0.623. The van der Waals surface area contributed by atoms with Crippen LogP contribution in [0.5, 0.6) is 0 Å². The monoisotopic (exact) mass is 387 g/mol. The van der Waals surface area contributed by atoms with Crippen LogP contribution in [0.3, 0.4) is 0 Å². The number of aromatic nitrogens is 4. The van der Waals surface area contributed by atoms with Gasteiger partial charge in [-0.25, -0.2) is 14.6 Å². The van der Waals surface area contributed by atoms with Crippen LogP contribution in [0.2, 0.25) is 0 Å². The van der Waals surface area contributed by atoms with Crippen molar-refractivity contribution in [3.63, 3.8) is 0 Å². The van der Waals surface area contributed by atoms with Crippen molar-refractivity contribution in [2.45, 2.75) is 11.7 Å². The van der Waals surface area contributed by atoms with E-state index in [1.165, 1.54) is 17.3 Å². The van der Waals surface area contributed by atoms with Crippen molar-refractivity contribution in [1.29, 1.82) is 0 Å². The standard InChI is InChI=1S/C22H21N5S/c1-3-14-23-20-18-19(17-12-8-5-9-13-17)26-27(15-16-10-6-4-7-11-16)21(18)25-22(24-20)28-2/h3-13H,1,14-15H2,2H3,(H,23,24,25). The highest BCUT2D eigenvalue weighted by atomic mass is 32.2. The van der Waals surface area contributed by atoms with E-state index in [1.807, 2.05) is 53.4 Å². The molecule has 6 heteroatoms. The van der Waals surface area contributed by atoms with Crippen molar-refractivity contribution in [3.05, 3.63) is 78.9 Å². The van der Waals surface area contributed by atoms with Crippen LogP contribution in [-0.2, 0) is 6.54 Å². The van der Waals surface area contributed by atoms with Gasteiger partial charge in [-0.2, -0.15) is 5.10 Å². The van der Waals surface area contributed by atoms with Gasteiger partial charge in [-0.15, -0.1) is 6.58 Å². The van der Waals surface area contributed by atoms with Crippen LogP contribution >= 0.6 is 11.8 Å². The second-order valence-electron chi connectivity index (χ2n) is 6.28. The average Bonchev–Trinajstić information content (AvgIpc) is 3.11. The lowest BCUT2D eigenvalue weighted by Gasteiger charge is -2.08. The molecule has 0 spiro atoms. The van der Waals surface area contributed by atoms with Crippen molar-refractivity contribution in [3.8, 4) is 11.3 Å².